The number of hydrogen-bond acceptors (Lipinski definition) is 6. The molecule has 4 rings (SSSR count). The Labute approximate surface area is 165 Å². The van der Waals surface area contributed by atoms with E-state index >= 15 is 0 Å². The minimum Gasteiger partial charge on any atom is -0.510 e. The minimum absolute atomic E-state index is 0.164. The van der Waals surface area contributed by atoms with Crippen molar-refractivity contribution in [2.45, 2.75) is 13.3 Å². The second-order valence-electron chi connectivity index (χ2n) is 6.09. The van der Waals surface area contributed by atoms with Gasteiger partial charge < -0.3 is 14.7 Å². The Morgan fingerprint density at radius 3 is 2.85 bits per heavy atom. The van der Waals surface area contributed by atoms with Gasteiger partial charge in [0.1, 0.15) is 22.4 Å². The lowest BCUT2D eigenvalue weighted by molar-refractivity contribution is 0.318. The Morgan fingerprint density at radius 2 is 2.07 bits per heavy atom. The monoisotopic (exact) mass is 397 g/mol. The molecule has 0 saturated carbocycles. The highest BCUT2D eigenvalue weighted by Crippen LogP contribution is 2.38. The fraction of sp³-hybridized carbons (Fsp3) is 0.200. The fourth-order valence-corrected chi connectivity index (χ4v) is 4.60. The number of nitrogens with zero attached hydrogens (tertiary/aromatic N) is 2. The maximum Gasteiger partial charge on any atom is 0.142 e. The van der Waals surface area contributed by atoms with Gasteiger partial charge >= 0.3 is 0 Å². The smallest absolute Gasteiger partial charge is 0.142 e. The summed E-state index contributed by atoms with van der Waals surface area (Å²) in [5, 5.41) is 23.9. The van der Waals surface area contributed by atoms with E-state index in [9.17, 15) is 5.11 Å². The molecule has 0 saturated heterocycles. The van der Waals surface area contributed by atoms with Gasteiger partial charge in [-0.1, -0.05) is 25.1 Å². The molecule has 5 nitrogen and oxygen atoms in total. The molecule has 0 bridgehead atoms. The number of aromatic nitrogens is 1. The average Bonchev–Trinajstić information content (AvgIpc) is 3.40. The van der Waals surface area contributed by atoms with Crippen LogP contribution in [0.25, 0.3) is 16.1 Å². The van der Waals surface area contributed by atoms with Crippen LogP contribution in [0.5, 0.6) is 5.75 Å². The van der Waals surface area contributed by atoms with Gasteiger partial charge in [-0.2, -0.15) is 0 Å². The summed E-state index contributed by atoms with van der Waals surface area (Å²) in [4.78, 5) is 7.49. The number of ether oxygens (including phenoxy) is 1. The number of aliphatic hydroxyl groups is 1. The second-order valence-corrected chi connectivity index (χ2v) is 7.89. The van der Waals surface area contributed by atoms with E-state index in [2.05, 4.69) is 11.9 Å². The highest BCUT2D eigenvalue weighted by atomic mass is 32.1. The normalized spacial score (nSPS) is 14.3. The van der Waals surface area contributed by atoms with Crippen molar-refractivity contribution in [3.8, 4) is 16.3 Å². The van der Waals surface area contributed by atoms with Crippen molar-refractivity contribution < 1.29 is 9.84 Å². The molecular formula is C20H19N3O2S2. The number of nitrogens with one attached hydrogen (secondary N) is 1. The van der Waals surface area contributed by atoms with Gasteiger partial charge in [0.15, 0.2) is 0 Å². The Balaban J connectivity index is 1.63. The molecule has 2 N–H and O–H groups in total. The molecule has 2 aromatic heterocycles. The summed E-state index contributed by atoms with van der Waals surface area (Å²) in [6.45, 7) is 2.91. The van der Waals surface area contributed by atoms with Gasteiger partial charge in [0.05, 0.1) is 35.0 Å². The molecule has 1 aliphatic rings. The van der Waals surface area contributed by atoms with Crippen LogP contribution in [-0.2, 0) is 0 Å². The molecule has 27 heavy (non-hydrogen) atoms. The van der Waals surface area contributed by atoms with E-state index in [-0.39, 0.29) is 18.1 Å². The summed E-state index contributed by atoms with van der Waals surface area (Å²) < 4.78 is 5.83. The van der Waals surface area contributed by atoms with Crippen LogP contribution >= 0.6 is 22.7 Å². The first-order valence-electron chi connectivity index (χ1n) is 8.69. The fourth-order valence-electron chi connectivity index (χ4n) is 2.95. The van der Waals surface area contributed by atoms with Crippen LogP contribution in [0.4, 0.5) is 5.69 Å². The molecule has 0 atom stereocenters. The van der Waals surface area contributed by atoms with Gasteiger partial charge in [-0.05, 0) is 30.0 Å². The summed E-state index contributed by atoms with van der Waals surface area (Å²) in [5.41, 5.74) is 2.16. The van der Waals surface area contributed by atoms with Crippen molar-refractivity contribution in [2.75, 3.05) is 18.1 Å². The molecule has 138 valence electrons. The molecule has 0 unspecified atom stereocenters. The predicted molar refractivity (Wildman–Crippen MR) is 112 cm³/mol. The molecule has 1 aromatic carbocycles. The number of benzene rings is 1. The summed E-state index contributed by atoms with van der Waals surface area (Å²) in [7, 11) is 0. The zero-order chi connectivity index (χ0) is 18.8. The van der Waals surface area contributed by atoms with Gasteiger partial charge in [-0.15, -0.1) is 22.7 Å². The third-order valence-corrected chi connectivity index (χ3v) is 5.96. The second kappa shape index (κ2) is 7.54. The molecule has 0 aliphatic carbocycles. The number of thiophene rings is 1. The largest absolute Gasteiger partial charge is 0.510 e. The van der Waals surface area contributed by atoms with Crippen LogP contribution in [0.3, 0.4) is 0 Å². The van der Waals surface area contributed by atoms with Crippen molar-refractivity contribution in [3.63, 3.8) is 0 Å². The van der Waals surface area contributed by atoms with Gasteiger partial charge in [0.2, 0.25) is 0 Å². The van der Waals surface area contributed by atoms with Crippen molar-refractivity contribution in [1.29, 1.82) is 5.41 Å². The predicted octanol–water partition coefficient (Wildman–Crippen LogP) is 5.43. The molecule has 3 heterocycles. The van der Waals surface area contributed by atoms with Gasteiger partial charge in [0, 0.05) is 5.38 Å². The molecule has 7 heteroatoms. The lowest BCUT2D eigenvalue weighted by Gasteiger charge is -2.21. The molecule has 0 spiro atoms. The van der Waals surface area contributed by atoms with E-state index in [1.807, 2.05) is 47.2 Å². The van der Waals surface area contributed by atoms with E-state index in [0.29, 0.717) is 17.2 Å². The number of para-hydroxylation sites is 2. The first kappa shape index (κ1) is 17.8. The first-order chi connectivity index (χ1) is 13.2. The quantitative estimate of drug-likeness (QED) is 0.582. The van der Waals surface area contributed by atoms with E-state index in [0.717, 1.165) is 28.4 Å². The Morgan fingerprint density at radius 1 is 1.22 bits per heavy atom. The Kier molecular flexibility index (Phi) is 4.96. The van der Waals surface area contributed by atoms with Crippen LogP contribution < -0.4 is 9.64 Å². The number of thiazole rings is 1. The van der Waals surface area contributed by atoms with Crippen molar-refractivity contribution in [3.05, 3.63) is 57.9 Å². The maximum atomic E-state index is 10.6. The third kappa shape index (κ3) is 3.36. The SMILES string of the molecule is CCCOc1ccccc1N1CC(O)=C(c2nc(-c3cccs3)cs2)C1=N. The molecule has 0 amide bonds. The number of hydrogen-bond donors (Lipinski definition) is 2. The van der Waals surface area contributed by atoms with Crippen molar-refractivity contribution in [1.82, 2.24) is 4.98 Å². The molecule has 3 aromatic rings. The van der Waals surface area contributed by atoms with E-state index < -0.39 is 0 Å². The van der Waals surface area contributed by atoms with Gasteiger partial charge in [-0.3, -0.25) is 5.41 Å². The lowest BCUT2D eigenvalue weighted by atomic mass is 10.2. The molecule has 0 radical (unpaired) electrons. The highest BCUT2D eigenvalue weighted by Gasteiger charge is 2.32. The maximum absolute atomic E-state index is 10.6. The Hall–Kier alpha value is -2.64. The molecule has 1 aliphatic heterocycles. The first-order valence-corrected chi connectivity index (χ1v) is 10.4. The number of aliphatic hydroxyl groups excluding tert-OH is 1. The van der Waals surface area contributed by atoms with Crippen LogP contribution in [0.15, 0.2) is 52.9 Å². The van der Waals surface area contributed by atoms with Crippen molar-refractivity contribution >= 4 is 39.8 Å². The van der Waals surface area contributed by atoms with Crippen molar-refractivity contribution in [2.24, 2.45) is 0 Å². The topological polar surface area (TPSA) is 69.4 Å². The summed E-state index contributed by atoms with van der Waals surface area (Å²) in [5.74, 6) is 1.13. The van der Waals surface area contributed by atoms with Gasteiger partial charge in [-0.25, -0.2) is 4.98 Å². The van der Waals surface area contributed by atoms with Gasteiger partial charge in [0.25, 0.3) is 0 Å². The number of amidine groups is 1. The molecule has 0 fully saturated rings. The lowest BCUT2D eigenvalue weighted by Crippen LogP contribution is -2.26. The summed E-state index contributed by atoms with van der Waals surface area (Å²) in [6, 6.07) is 11.6. The molecular weight excluding hydrogens is 378 g/mol. The van der Waals surface area contributed by atoms with E-state index in [1.54, 1.807) is 16.2 Å². The zero-order valence-corrected chi connectivity index (χ0v) is 16.4. The van der Waals surface area contributed by atoms with Crippen LogP contribution in [0.1, 0.15) is 18.4 Å². The Bertz CT molecular complexity index is 992. The number of anilines is 1. The summed E-state index contributed by atoms with van der Waals surface area (Å²) >= 11 is 3.07. The minimum atomic E-state index is 0.164. The zero-order valence-electron chi connectivity index (χ0n) is 14.8. The standard InChI is InChI=1S/C20H19N3O2S2/c1-2-9-25-16-7-4-3-6-14(16)23-11-15(24)18(19(23)21)20-22-13(12-27-20)17-8-5-10-26-17/h3-8,10,12,21,24H,2,9,11H2,1H3. The average molecular weight is 398 g/mol. The van der Waals surface area contributed by atoms with Crippen LogP contribution in [0, 0.1) is 5.41 Å². The van der Waals surface area contributed by atoms with Crippen LogP contribution in [-0.4, -0.2) is 29.1 Å². The third-order valence-electron chi connectivity index (χ3n) is 4.21. The van der Waals surface area contributed by atoms with E-state index in [4.69, 9.17) is 10.1 Å². The summed E-state index contributed by atoms with van der Waals surface area (Å²) in [6.07, 6.45) is 0.908. The number of rotatable bonds is 6. The highest BCUT2D eigenvalue weighted by molar-refractivity contribution is 7.14. The van der Waals surface area contributed by atoms with Crippen LogP contribution in [0.2, 0.25) is 0 Å². The van der Waals surface area contributed by atoms with E-state index in [1.165, 1.54) is 11.3 Å².